The van der Waals surface area contributed by atoms with Crippen molar-refractivity contribution >= 4 is 34.8 Å². The first kappa shape index (κ1) is 21.7. The number of amides is 4. The fourth-order valence-corrected chi connectivity index (χ4v) is 5.34. The van der Waals surface area contributed by atoms with Gasteiger partial charge < -0.3 is 24.8 Å². The third kappa shape index (κ3) is 4.30. The van der Waals surface area contributed by atoms with Crippen LogP contribution in [0.2, 0.25) is 0 Å². The predicted octanol–water partition coefficient (Wildman–Crippen LogP) is 2.02. The summed E-state index contributed by atoms with van der Waals surface area (Å²) in [6, 6.07) is -0.198. The lowest BCUT2D eigenvalue weighted by atomic mass is 10.1. The summed E-state index contributed by atoms with van der Waals surface area (Å²) >= 11 is 1.43. The molecular formula is C21H29N5O4S. The smallest absolute Gasteiger partial charge is 0.409 e. The molecule has 31 heavy (non-hydrogen) atoms. The van der Waals surface area contributed by atoms with E-state index >= 15 is 0 Å². The molecule has 4 heterocycles. The van der Waals surface area contributed by atoms with E-state index in [1.54, 1.807) is 16.7 Å². The number of rotatable bonds is 2. The van der Waals surface area contributed by atoms with E-state index < -0.39 is 0 Å². The maximum absolute atomic E-state index is 13.2. The zero-order valence-corrected chi connectivity index (χ0v) is 19.0. The molecule has 1 saturated heterocycles. The number of fused-ring (bicyclic) bond motifs is 2. The lowest BCUT2D eigenvalue weighted by Gasteiger charge is -2.34. The average molecular weight is 448 g/mol. The summed E-state index contributed by atoms with van der Waals surface area (Å²) < 4.78 is 5.02. The van der Waals surface area contributed by atoms with Crippen LogP contribution in [0.15, 0.2) is 28.3 Å². The zero-order valence-electron chi connectivity index (χ0n) is 18.2. The number of carbonyl (C=O) groups is 3. The van der Waals surface area contributed by atoms with Crippen molar-refractivity contribution in [2.45, 2.75) is 38.7 Å². The van der Waals surface area contributed by atoms with E-state index in [9.17, 15) is 14.4 Å². The first-order valence-electron chi connectivity index (χ1n) is 10.8. The summed E-state index contributed by atoms with van der Waals surface area (Å²) in [6.45, 7) is 8.59. The maximum Gasteiger partial charge on any atom is 0.409 e. The Kier molecular flexibility index (Phi) is 6.27. The lowest BCUT2D eigenvalue weighted by molar-refractivity contribution is -0.128. The second-order valence-electron chi connectivity index (χ2n) is 8.18. The Labute approximate surface area is 186 Å². The van der Waals surface area contributed by atoms with Crippen molar-refractivity contribution < 1.29 is 19.1 Å². The summed E-state index contributed by atoms with van der Waals surface area (Å²) in [5.41, 5.74) is 1.47. The molecule has 1 N–H and O–H groups in total. The van der Waals surface area contributed by atoms with Crippen LogP contribution >= 0.6 is 11.8 Å². The number of piperazine rings is 1. The SMILES string of the molecule is CCOC(=O)N1CCN(C(=O)NC2SC3=N[C@@H]4C=C[C@@H](C)CCN4C(=O)C3=C2C)CC1. The van der Waals surface area contributed by atoms with Crippen LogP contribution in [0.3, 0.4) is 0 Å². The first-order chi connectivity index (χ1) is 14.9. The van der Waals surface area contributed by atoms with Crippen LogP contribution < -0.4 is 5.32 Å². The van der Waals surface area contributed by atoms with Crippen LogP contribution in [0.1, 0.15) is 27.2 Å². The Morgan fingerprint density at radius 3 is 2.61 bits per heavy atom. The van der Waals surface area contributed by atoms with Gasteiger partial charge in [-0.05, 0) is 37.8 Å². The van der Waals surface area contributed by atoms with Gasteiger partial charge in [-0.1, -0.05) is 24.8 Å². The van der Waals surface area contributed by atoms with Crippen molar-refractivity contribution in [1.82, 2.24) is 20.0 Å². The molecule has 4 aliphatic heterocycles. The van der Waals surface area contributed by atoms with Crippen LogP contribution in [0.25, 0.3) is 0 Å². The number of hydrogen-bond acceptors (Lipinski definition) is 6. The third-order valence-corrected chi connectivity index (χ3v) is 7.30. The number of thioether (sulfide) groups is 1. The minimum absolute atomic E-state index is 0.00134. The topological polar surface area (TPSA) is 94.6 Å². The number of aliphatic imine (C=N–C) groups is 1. The maximum atomic E-state index is 13.2. The number of allylic oxidation sites excluding steroid dienone is 1. The van der Waals surface area contributed by atoms with E-state index in [2.05, 4.69) is 18.3 Å². The number of carbonyl (C=O) groups excluding carboxylic acids is 3. The zero-order chi connectivity index (χ0) is 22.1. The van der Waals surface area contributed by atoms with Crippen molar-refractivity contribution in [3.05, 3.63) is 23.3 Å². The van der Waals surface area contributed by atoms with Gasteiger partial charge in [0.15, 0.2) is 0 Å². The van der Waals surface area contributed by atoms with Crippen LogP contribution in [0, 0.1) is 5.92 Å². The molecule has 0 aromatic carbocycles. The molecule has 0 aliphatic carbocycles. The van der Waals surface area contributed by atoms with Gasteiger partial charge in [-0.15, -0.1) is 0 Å². The Balaban J connectivity index is 1.40. The average Bonchev–Trinajstić information content (AvgIpc) is 2.93. The van der Waals surface area contributed by atoms with Crippen molar-refractivity contribution in [3.8, 4) is 0 Å². The van der Waals surface area contributed by atoms with Gasteiger partial charge in [0.2, 0.25) is 0 Å². The predicted molar refractivity (Wildman–Crippen MR) is 119 cm³/mol. The van der Waals surface area contributed by atoms with E-state index in [0.717, 1.165) is 12.0 Å². The normalized spacial score (nSPS) is 28.1. The molecule has 1 unspecified atom stereocenters. The molecule has 4 aliphatic rings. The molecule has 1 fully saturated rings. The molecule has 3 atom stereocenters. The third-order valence-electron chi connectivity index (χ3n) is 6.06. The van der Waals surface area contributed by atoms with Crippen molar-refractivity contribution in [2.24, 2.45) is 10.9 Å². The van der Waals surface area contributed by atoms with Gasteiger partial charge in [0.05, 0.1) is 12.2 Å². The van der Waals surface area contributed by atoms with Crippen LogP contribution in [-0.2, 0) is 9.53 Å². The first-order valence-corrected chi connectivity index (χ1v) is 11.7. The molecule has 0 saturated carbocycles. The molecule has 4 amide bonds. The minimum atomic E-state index is -0.342. The molecule has 0 radical (unpaired) electrons. The highest BCUT2D eigenvalue weighted by molar-refractivity contribution is 8.15. The highest BCUT2D eigenvalue weighted by Crippen LogP contribution is 2.38. The fourth-order valence-electron chi connectivity index (χ4n) is 4.12. The highest BCUT2D eigenvalue weighted by Gasteiger charge is 2.42. The van der Waals surface area contributed by atoms with E-state index in [4.69, 9.17) is 9.73 Å². The molecule has 10 heteroatoms. The van der Waals surface area contributed by atoms with Crippen LogP contribution in [0.5, 0.6) is 0 Å². The molecule has 168 valence electrons. The second kappa shape index (κ2) is 8.94. The van der Waals surface area contributed by atoms with Gasteiger partial charge in [0.25, 0.3) is 5.91 Å². The summed E-state index contributed by atoms with van der Waals surface area (Å²) in [4.78, 5) is 47.7. The van der Waals surface area contributed by atoms with E-state index in [-0.39, 0.29) is 29.6 Å². The van der Waals surface area contributed by atoms with Gasteiger partial charge in [0, 0.05) is 32.7 Å². The Hall–Kier alpha value is -2.49. The summed E-state index contributed by atoms with van der Waals surface area (Å²) in [7, 11) is 0. The van der Waals surface area contributed by atoms with Crippen molar-refractivity contribution in [2.75, 3.05) is 39.3 Å². The van der Waals surface area contributed by atoms with Gasteiger partial charge >= 0.3 is 12.1 Å². The van der Waals surface area contributed by atoms with Crippen LogP contribution in [-0.4, -0.2) is 88.6 Å². The molecule has 0 aromatic rings. The number of urea groups is 1. The van der Waals surface area contributed by atoms with E-state index in [0.29, 0.717) is 55.9 Å². The molecule has 0 bridgehead atoms. The van der Waals surface area contributed by atoms with Gasteiger partial charge in [-0.25, -0.2) is 14.6 Å². The highest BCUT2D eigenvalue weighted by atomic mass is 32.2. The quantitative estimate of drug-likeness (QED) is 0.654. The Morgan fingerprint density at radius 2 is 1.90 bits per heavy atom. The number of nitrogens with zero attached hydrogens (tertiary/aromatic N) is 4. The Morgan fingerprint density at radius 1 is 1.19 bits per heavy atom. The molecule has 4 rings (SSSR count). The lowest BCUT2D eigenvalue weighted by Crippen LogP contribution is -2.54. The summed E-state index contributed by atoms with van der Waals surface area (Å²) in [6.07, 6.45) is 4.44. The minimum Gasteiger partial charge on any atom is -0.450 e. The molecule has 0 aromatic heterocycles. The second-order valence-corrected chi connectivity index (χ2v) is 9.27. The largest absolute Gasteiger partial charge is 0.450 e. The fraction of sp³-hybridized carbons (Fsp3) is 0.619. The number of hydrogen-bond donors (Lipinski definition) is 1. The molecular weight excluding hydrogens is 418 g/mol. The van der Waals surface area contributed by atoms with Gasteiger partial charge in [-0.3, -0.25) is 4.79 Å². The molecule has 9 nitrogen and oxygen atoms in total. The molecule has 0 spiro atoms. The van der Waals surface area contributed by atoms with Crippen LogP contribution in [0.4, 0.5) is 9.59 Å². The number of ether oxygens (including phenoxy) is 1. The standard InChI is InChI=1S/C21H29N5O4S/c1-4-30-21(29)25-11-9-24(10-12-25)20(28)23-17-14(3)16-18(31-17)22-15-6-5-13(2)7-8-26(15)19(16)27/h5-6,13,15,17H,4,7-12H2,1-3H3,(H,23,28)/t13-,15+,17?/m1/s1. The van der Waals surface area contributed by atoms with E-state index in [1.165, 1.54) is 11.8 Å². The number of nitrogens with one attached hydrogen (secondary N) is 1. The summed E-state index contributed by atoms with van der Waals surface area (Å²) in [5.74, 6) is 0.427. The monoisotopic (exact) mass is 447 g/mol. The summed E-state index contributed by atoms with van der Waals surface area (Å²) in [5, 5.41) is 3.42. The van der Waals surface area contributed by atoms with Crippen molar-refractivity contribution in [3.63, 3.8) is 0 Å². The van der Waals surface area contributed by atoms with Gasteiger partial charge in [0.1, 0.15) is 16.6 Å². The Bertz CT molecular complexity index is 862. The van der Waals surface area contributed by atoms with Crippen molar-refractivity contribution in [1.29, 1.82) is 0 Å². The van der Waals surface area contributed by atoms with E-state index in [1.807, 2.05) is 17.9 Å². The van der Waals surface area contributed by atoms with Gasteiger partial charge in [-0.2, -0.15) is 0 Å².